The van der Waals surface area contributed by atoms with Gasteiger partial charge < -0.3 is 15.0 Å². The van der Waals surface area contributed by atoms with Crippen molar-refractivity contribution in [2.24, 2.45) is 0 Å². The third kappa shape index (κ3) is 8.13. The van der Waals surface area contributed by atoms with Gasteiger partial charge in [-0.1, -0.05) is 48.9 Å². The average Bonchev–Trinajstić information content (AvgIpc) is 2.84. The highest BCUT2D eigenvalue weighted by atomic mass is 35.5. The number of halogens is 1. The third-order valence-electron chi connectivity index (χ3n) is 5.97. The highest BCUT2D eigenvalue weighted by molar-refractivity contribution is 7.92. The Bertz CT molecular complexity index is 1140. The summed E-state index contributed by atoms with van der Waals surface area (Å²) in [6.45, 7) is 5.80. The predicted octanol–water partition coefficient (Wildman–Crippen LogP) is 4.23. The summed E-state index contributed by atoms with van der Waals surface area (Å²) in [7, 11) is -2.15. The molecule has 198 valence electrons. The van der Waals surface area contributed by atoms with Crippen LogP contribution in [0.25, 0.3) is 0 Å². The number of sulfonamides is 1. The predicted molar refractivity (Wildman–Crippen MR) is 144 cm³/mol. The minimum Gasteiger partial charge on any atom is -0.495 e. The van der Waals surface area contributed by atoms with Gasteiger partial charge in [0.25, 0.3) is 0 Å². The molecule has 2 amide bonds. The molecule has 2 aromatic carbocycles. The van der Waals surface area contributed by atoms with Crippen molar-refractivity contribution in [2.45, 2.75) is 58.7 Å². The van der Waals surface area contributed by atoms with Gasteiger partial charge in [0.1, 0.15) is 11.8 Å². The number of rotatable bonds is 13. The molecule has 0 aromatic heterocycles. The van der Waals surface area contributed by atoms with Crippen molar-refractivity contribution >= 4 is 39.1 Å². The van der Waals surface area contributed by atoms with Crippen molar-refractivity contribution in [3.8, 4) is 5.75 Å². The maximum Gasteiger partial charge on any atom is 0.242 e. The Labute approximate surface area is 219 Å². The molecule has 0 fully saturated rings. The van der Waals surface area contributed by atoms with E-state index in [0.717, 1.165) is 18.2 Å². The first-order chi connectivity index (χ1) is 17.0. The van der Waals surface area contributed by atoms with Gasteiger partial charge >= 0.3 is 0 Å². The summed E-state index contributed by atoms with van der Waals surface area (Å²) in [5, 5.41) is 3.43. The third-order valence-corrected chi connectivity index (χ3v) is 7.52. The fourth-order valence-corrected chi connectivity index (χ4v) is 4.84. The summed E-state index contributed by atoms with van der Waals surface area (Å²) < 4.78 is 31.6. The highest BCUT2D eigenvalue weighted by Crippen LogP contribution is 2.30. The van der Waals surface area contributed by atoms with E-state index in [9.17, 15) is 18.0 Å². The van der Waals surface area contributed by atoms with Gasteiger partial charge in [-0.2, -0.15) is 0 Å². The Balaban J connectivity index is 2.21. The van der Waals surface area contributed by atoms with Crippen molar-refractivity contribution < 1.29 is 22.7 Å². The lowest BCUT2D eigenvalue weighted by atomic mass is 10.1. The van der Waals surface area contributed by atoms with E-state index < -0.39 is 16.1 Å². The van der Waals surface area contributed by atoms with Gasteiger partial charge in [-0.25, -0.2) is 8.42 Å². The lowest BCUT2D eigenvalue weighted by molar-refractivity contribution is -0.140. The van der Waals surface area contributed by atoms with Gasteiger partial charge in [0.05, 0.1) is 19.1 Å². The standard InChI is InChI=1S/C26H36ClN3O5S/c1-6-19(2)28-26(32)20(3)29(18-21-12-7-8-13-22(21)27)25(31)16-11-17-30(36(5,33)34)23-14-9-10-15-24(23)35-4/h7-10,12-15,19-20H,6,11,16-18H2,1-5H3,(H,28,32)/t19-,20+/m1/s1. The van der Waals surface area contributed by atoms with Crippen LogP contribution >= 0.6 is 11.6 Å². The largest absolute Gasteiger partial charge is 0.495 e. The summed E-state index contributed by atoms with van der Waals surface area (Å²) in [5.41, 5.74) is 1.13. The summed E-state index contributed by atoms with van der Waals surface area (Å²) in [4.78, 5) is 27.7. The summed E-state index contributed by atoms with van der Waals surface area (Å²) in [6, 6.07) is 13.2. The zero-order chi connectivity index (χ0) is 26.9. The number of anilines is 1. The van der Waals surface area contributed by atoms with E-state index in [2.05, 4.69) is 5.32 Å². The minimum atomic E-state index is -3.62. The second-order valence-electron chi connectivity index (χ2n) is 8.72. The Morgan fingerprint density at radius 1 is 1.08 bits per heavy atom. The average molecular weight is 538 g/mol. The van der Waals surface area contributed by atoms with E-state index in [4.69, 9.17) is 16.3 Å². The van der Waals surface area contributed by atoms with Crippen LogP contribution in [0.2, 0.25) is 5.02 Å². The number of carbonyl (C=O) groups is 2. The van der Waals surface area contributed by atoms with E-state index in [1.54, 1.807) is 43.3 Å². The summed E-state index contributed by atoms with van der Waals surface area (Å²) in [6.07, 6.45) is 2.18. The molecule has 0 aliphatic heterocycles. The molecule has 0 unspecified atom stereocenters. The Hall–Kier alpha value is -2.78. The SMILES string of the molecule is CC[C@@H](C)NC(=O)[C@H](C)N(Cc1ccccc1Cl)C(=O)CCCN(c1ccccc1OC)S(C)(=O)=O. The van der Waals surface area contributed by atoms with Crippen LogP contribution in [0.15, 0.2) is 48.5 Å². The maximum atomic E-state index is 13.4. The van der Waals surface area contributed by atoms with Gasteiger partial charge in [0, 0.05) is 30.6 Å². The summed E-state index contributed by atoms with van der Waals surface area (Å²) >= 11 is 6.33. The number of para-hydroxylation sites is 2. The van der Waals surface area contributed by atoms with Crippen LogP contribution in [0.4, 0.5) is 5.69 Å². The van der Waals surface area contributed by atoms with Crippen molar-refractivity contribution in [1.29, 1.82) is 0 Å². The van der Waals surface area contributed by atoms with Crippen LogP contribution in [-0.2, 0) is 26.2 Å². The first-order valence-corrected chi connectivity index (χ1v) is 14.2. The van der Waals surface area contributed by atoms with Gasteiger partial charge in [0.15, 0.2) is 0 Å². The number of amides is 2. The quantitative estimate of drug-likeness (QED) is 0.412. The lowest BCUT2D eigenvalue weighted by Gasteiger charge is -2.30. The molecule has 0 heterocycles. The molecule has 2 atom stereocenters. The Morgan fingerprint density at radius 2 is 1.72 bits per heavy atom. The number of nitrogens with zero attached hydrogens (tertiary/aromatic N) is 2. The van der Waals surface area contributed by atoms with Crippen molar-refractivity contribution in [3.05, 3.63) is 59.1 Å². The monoisotopic (exact) mass is 537 g/mol. The molecule has 1 N–H and O–H groups in total. The molecule has 0 aliphatic carbocycles. The van der Waals surface area contributed by atoms with Crippen LogP contribution in [0.1, 0.15) is 45.6 Å². The van der Waals surface area contributed by atoms with Gasteiger partial charge in [-0.15, -0.1) is 0 Å². The first-order valence-electron chi connectivity index (χ1n) is 11.9. The number of hydrogen-bond acceptors (Lipinski definition) is 5. The number of ether oxygens (including phenoxy) is 1. The van der Waals surface area contributed by atoms with Crippen LogP contribution in [0, 0.1) is 0 Å². The van der Waals surface area contributed by atoms with E-state index in [0.29, 0.717) is 16.5 Å². The lowest BCUT2D eigenvalue weighted by Crippen LogP contribution is -2.49. The van der Waals surface area contributed by atoms with E-state index in [1.165, 1.54) is 16.3 Å². The van der Waals surface area contributed by atoms with Crippen LogP contribution in [-0.4, -0.2) is 57.1 Å². The minimum absolute atomic E-state index is 0.0265. The van der Waals surface area contributed by atoms with Gasteiger partial charge in [-0.05, 0) is 50.5 Å². The van der Waals surface area contributed by atoms with Crippen molar-refractivity contribution in [1.82, 2.24) is 10.2 Å². The molecule has 36 heavy (non-hydrogen) atoms. The second-order valence-corrected chi connectivity index (χ2v) is 11.0. The Morgan fingerprint density at radius 3 is 2.33 bits per heavy atom. The number of carbonyl (C=O) groups excluding carboxylic acids is 2. The molecule has 0 bridgehead atoms. The zero-order valence-corrected chi connectivity index (χ0v) is 23.1. The highest BCUT2D eigenvalue weighted by Gasteiger charge is 2.28. The molecule has 0 spiro atoms. The molecule has 10 heteroatoms. The molecule has 2 aromatic rings. The number of benzene rings is 2. The normalized spacial score (nSPS) is 12.9. The first kappa shape index (κ1) is 29.5. The van der Waals surface area contributed by atoms with Crippen LogP contribution in [0.5, 0.6) is 5.75 Å². The second kappa shape index (κ2) is 13.5. The molecule has 2 rings (SSSR count). The fraction of sp³-hybridized carbons (Fsp3) is 0.462. The van der Waals surface area contributed by atoms with E-state index >= 15 is 0 Å². The maximum absolute atomic E-state index is 13.4. The smallest absolute Gasteiger partial charge is 0.242 e. The van der Waals surface area contributed by atoms with Crippen LogP contribution in [0.3, 0.4) is 0 Å². The number of nitrogens with one attached hydrogen (secondary N) is 1. The molecule has 0 saturated heterocycles. The van der Waals surface area contributed by atoms with E-state index in [-0.39, 0.29) is 43.8 Å². The molecule has 0 saturated carbocycles. The topological polar surface area (TPSA) is 96.0 Å². The Kier molecular flexibility index (Phi) is 11.0. The van der Waals surface area contributed by atoms with Gasteiger partial charge in [0.2, 0.25) is 21.8 Å². The summed E-state index contributed by atoms with van der Waals surface area (Å²) in [5.74, 6) is -0.100. The van der Waals surface area contributed by atoms with Crippen LogP contribution < -0.4 is 14.4 Å². The number of methoxy groups -OCH3 is 1. The molecule has 0 radical (unpaired) electrons. The number of hydrogen-bond donors (Lipinski definition) is 1. The van der Waals surface area contributed by atoms with E-state index in [1.807, 2.05) is 26.0 Å². The zero-order valence-electron chi connectivity index (χ0n) is 21.5. The van der Waals surface area contributed by atoms with Gasteiger partial charge in [-0.3, -0.25) is 13.9 Å². The molecular weight excluding hydrogens is 502 g/mol. The molecule has 0 aliphatic rings. The molecular formula is C26H36ClN3O5S. The van der Waals surface area contributed by atoms with Crippen molar-refractivity contribution in [2.75, 3.05) is 24.2 Å². The molecule has 8 nitrogen and oxygen atoms in total. The fourth-order valence-electron chi connectivity index (χ4n) is 3.68. The van der Waals surface area contributed by atoms with Crippen molar-refractivity contribution in [3.63, 3.8) is 0 Å².